The number of nitrogens with one attached hydrogen (secondary N) is 1. The molecule has 1 amide bonds. The van der Waals surface area contributed by atoms with E-state index < -0.39 is 0 Å². The highest BCUT2D eigenvalue weighted by Gasteiger charge is 2.22. The van der Waals surface area contributed by atoms with Crippen molar-refractivity contribution in [3.05, 3.63) is 77.2 Å². The molecule has 150 valence electrons. The van der Waals surface area contributed by atoms with Gasteiger partial charge in [-0.1, -0.05) is 36.4 Å². The SMILES string of the molecule is C[C@H]1CN(Cc2ccc(C(=O)Nc3ccccc3-c3cccs3)cc2)C[C@H](C)O1. The molecule has 0 unspecified atom stereocenters. The molecule has 1 saturated heterocycles. The number of carbonyl (C=O) groups is 1. The number of thiophene rings is 1. The minimum absolute atomic E-state index is 0.0887. The molecule has 1 fully saturated rings. The molecule has 0 radical (unpaired) electrons. The molecule has 1 aliphatic rings. The van der Waals surface area contributed by atoms with Crippen LogP contribution in [-0.4, -0.2) is 36.1 Å². The summed E-state index contributed by atoms with van der Waals surface area (Å²) in [5.41, 5.74) is 3.75. The highest BCUT2D eigenvalue weighted by atomic mass is 32.1. The summed E-state index contributed by atoms with van der Waals surface area (Å²) in [7, 11) is 0. The van der Waals surface area contributed by atoms with E-state index in [0.29, 0.717) is 5.56 Å². The number of hydrogen-bond acceptors (Lipinski definition) is 4. The highest BCUT2D eigenvalue weighted by Crippen LogP contribution is 2.31. The Morgan fingerprint density at radius 2 is 1.76 bits per heavy atom. The van der Waals surface area contributed by atoms with Crippen molar-refractivity contribution < 1.29 is 9.53 Å². The van der Waals surface area contributed by atoms with E-state index >= 15 is 0 Å². The van der Waals surface area contributed by atoms with Crippen LogP contribution in [0.1, 0.15) is 29.8 Å². The summed E-state index contributed by atoms with van der Waals surface area (Å²) >= 11 is 1.67. The first-order chi connectivity index (χ1) is 14.1. The van der Waals surface area contributed by atoms with Gasteiger partial charge in [0.25, 0.3) is 5.91 Å². The monoisotopic (exact) mass is 406 g/mol. The van der Waals surface area contributed by atoms with Crippen molar-refractivity contribution in [3.63, 3.8) is 0 Å². The van der Waals surface area contributed by atoms with Crippen LogP contribution in [0.3, 0.4) is 0 Å². The van der Waals surface area contributed by atoms with Gasteiger partial charge in [-0.05, 0) is 49.1 Å². The van der Waals surface area contributed by atoms with Crippen LogP contribution >= 0.6 is 11.3 Å². The quantitative estimate of drug-likeness (QED) is 0.627. The number of morpholine rings is 1. The summed E-state index contributed by atoms with van der Waals surface area (Å²) in [6.07, 6.45) is 0.513. The zero-order valence-corrected chi connectivity index (χ0v) is 17.6. The highest BCUT2D eigenvalue weighted by molar-refractivity contribution is 7.13. The van der Waals surface area contributed by atoms with Gasteiger partial charge in [-0.2, -0.15) is 0 Å². The molecule has 4 nitrogen and oxygen atoms in total. The van der Waals surface area contributed by atoms with Gasteiger partial charge >= 0.3 is 0 Å². The molecule has 0 spiro atoms. The Bertz CT molecular complexity index is 943. The molecule has 5 heteroatoms. The average molecular weight is 407 g/mol. The Labute approximate surface area is 176 Å². The van der Waals surface area contributed by atoms with Gasteiger partial charge in [-0.3, -0.25) is 9.69 Å². The lowest BCUT2D eigenvalue weighted by atomic mass is 10.1. The van der Waals surface area contributed by atoms with Crippen LogP contribution in [0.25, 0.3) is 10.4 Å². The number of ether oxygens (including phenoxy) is 1. The molecule has 2 heterocycles. The lowest BCUT2D eigenvalue weighted by Gasteiger charge is -2.35. The Morgan fingerprint density at radius 3 is 2.45 bits per heavy atom. The smallest absolute Gasteiger partial charge is 0.255 e. The maximum absolute atomic E-state index is 12.8. The third kappa shape index (κ3) is 4.93. The Kier molecular flexibility index (Phi) is 6.09. The van der Waals surface area contributed by atoms with Gasteiger partial charge in [0.1, 0.15) is 0 Å². The van der Waals surface area contributed by atoms with E-state index in [2.05, 4.69) is 30.1 Å². The molecular formula is C24H26N2O2S. The Morgan fingerprint density at radius 1 is 1.03 bits per heavy atom. The number of carbonyl (C=O) groups excluding carboxylic acids is 1. The first-order valence-corrected chi connectivity index (χ1v) is 10.9. The van der Waals surface area contributed by atoms with Crippen LogP contribution in [0.2, 0.25) is 0 Å². The second-order valence-corrected chi connectivity index (χ2v) is 8.57. The molecular weight excluding hydrogens is 380 g/mol. The van der Waals surface area contributed by atoms with Crippen LogP contribution in [0.15, 0.2) is 66.0 Å². The minimum atomic E-state index is -0.0887. The fourth-order valence-electron chi connectivity index (χ4n) is 3.87. The Hall–Kier alpha value is -2.47. The van der Waals surface area contributed by atoms with Crippen LogP contribution in [0, 0.1) is 0 Å². The first kappa shape index (κ1) is 19.8. The van der Waals surface area contributed by atoms with Crippen molar-refractivity contribution in [1.82, 2.24) is 4.90 Å². The predicted molar refractivity (Wildman–Crippen MR) is 119 cm³/mol. The summed E-state index contributed by atoms with van der Waals surface area (Å²) in [4.78, 5) is 16.3. The molecule has 2 atom stereocenters. The summed E-state index contributed by atoms with van der Waals surface area (Å²) in [5.74, 6) is -0.0887. The molecule has 0 saturated carbocycles. The fourth-order valence-corrected chi connectivity index (χ4v) is 4.63. The number of para-hydroxylation sites is 1. The number of rotatable bonds is 5. The van der Waals surface area contributed by atoms with Gasteiger partial charge in [0.15, 0.2) is 0 Å². The van der Waals surface area contributed by atoms with Crippen molar-refractivity contribution in [2.75, 3.05) is 18.4 Å². The normalized spacial score (nSPS) is 19.8. The second kappa shape index (κ2) is 8.91. The fraction of sp³-hybridized carbons (Fsp3) is 0.292. The van der Waals surface area contributed by atoms with E-state index in [1.165, 1.54) is 5.56 Å². The lowest BCUT2D eigenvalue weighted by Crippen LogP contribution is -2.44. The third-order valence-corrected chi connectivity index (χ3v) is 5.98. The topological polar surface area (TPSA) is 41.6 Å². The average Bonchev–Trinajstić information content (AvgIpc) is 3.23. The molecule has 1 aliphatic heterocycles. The molecule has 0 bridgehead atoms. The van der Waals surface area contributed by atoms with Crippen molar-refractivity contribution in [1.29, 1.82) is 0 Å². The number of hydrogen-bond donors (Lipinski definition) is 1. The van der Waals surface area contributed by atoms with Gasteiger partial charge in [-0.25, -0.2) is 0 Å². The summed E-state index contributed by atoms with van der Waals surface area (Å²) < 4.78 is 5.80. The number of nitrogens with zero attached hydrogens (tertiary/aromatic N) is 1. The lowest BCUT2D eigenvalue weighted by molar-refractivity contribution is -0.0704. The zero-order valence-electron chi connectivity index (χ0n) is 16.8. The first-order valence-electron chi connectivity index (χ1n) is 9.99. The standard InChI is InChI=1S/C24H26N2O2S/c1-17-14-26(15-18(2)28-17)16-19-9-11-20(12-10-19)24(27)25-22-7-4-3-6-21(22)23-8-5-13-29-23/h3-13,17-18H,14-16H2,1-2H3,(H,25,27)/t17-,18-/m0/s1. The van der Waals surface area contributed by atoms with Gasteiger partial charge in [0.2, 0.25) is 0 Å². The van der Waals surface area contributed by atoms with Gasteiger partial charge in [0, 0.05) is 41.3 Å². The number of benzene rings is 2. The van der Waals surface area contributed by atoms with E-state index in [1.807, 2.05) is 60.0 Å². The molecule has 1 aromatic heterocycles. The molecule has 4 rings (SSSR count). The maximum atomic E-state index is 12.8. The van der Waals surface area contributed by atoms with Gasteiger partial charge in [-0.15, -0.1) is 11.3 Å². The van der Waals surface area contributed by atoms with E-state index in [9.17, 15) is 4.79 Å². The van der Waals surface area contributed by atoms with Crippen molar-refractivity contribution in [3.8, 4) is 10.4 Å². The third-order valence-electron chi connectivity index (χ3n) is 5.08. The zero-order chi connectivity index (χ0) is 20.2. The molecule has 2 aromatic carbocycles. The molecule has 29 heavy (non-hydrogen) atoms. The molecule has 1 N–H and O–H groups in total. The number of anilines is 1. The van der Waals surface area contributed by atoms with Crippen LogP contribution < -0.4 is 5.32 Å². The van der Waals surface area contributed by atoms with E-state index in [0.717, 1.165) is 35.8 Å². The van der Waals surface area contributed by atoms with Crippen LogP contribution in [0.5, 0.6) is 0 Å². The summed E-state index contributed by atoms with van der Waals surface area (Å²) in [6.45, 7) is 6.98. The van der Waals surface area contributed by atoms with Crippen molar-refractivity contribution in [2.45, 2.75) is 32.6 Å². The number of amides is 1. The molecule has 3 aromatic rings. The summed E-state index contributed by atoms with van der Waals surface area (Å²) in [6, 6.07) is 19.9. The van der Waals surface area contributed by atoms with E-state index in [4.69, 9.17) is 4.74 Å². The largest absolute Gasteiger partial charge is 0.373 e. The predicted octanol–water partition coefficient (Wildman–Crippen LogP) is 5.28. The van der Waals surface area contributed by atoms with Crippen molar-refractivity contribution >= 4 is 22.9 Å². The maximum Gasteiger partial charge on any atom is 0.255 e. The van der Waals surface area contributed by atoms with E-state index in [1.54, 1.807) is 11.3 Å². The van der Waals surface area contributed by atoms with Gasteiger partial charge < -0.3 is 10.1 Å². The van der Waals surface area contributed by atoms with Gasteiger partial charge in [0.05, 0.1) is 12.2 Å². The Balaban J connectivity index is 1.43. The van der Waals surface area contributed by atoms with Crippen LogP contribution in [0.4, 0.5) is 5.69 Å². The van der Waals surface area contributed by atoms with Crippen LogP contribution in [-0.2, 0) is 11.3 Å². The van der Waals surface area contributed by atoms with Crippen molar-refractivity contribution in [2.24, 2.45) is 0 Å². The minimum Gasteiger partial charge on any atom is -0.373 e. The molecule has 0 aliphatic carbocycles. The summed E-state index contributed by atoms with van der Waals surface area (Å²) in [5, 5.41) is 5.11. The second-order valence-electron chi connectivity index (χ2n) is 7.63. The van der Waals surface area contributed by atoms with E-state index in [-0.39, 0.29) is 18.1 Å².